The van der Waals surface area contributed by atoms with Gasteiger partial charge >= 0.3 is 5.97 Å². The molecule has 116 valence electrons. The maximum Gasteiger partial charge on any atom is 0.326 e. The van der Waals surface area contributed by atoms with Crippen molar-refractivity contribution in [3.8, 4) is 0 Å². The summed E-state index contributed by atoms with van der Waals surface area (Å²) in [5.41, 5.74) is -1.58. The van der Waals surface area contributed by atoms with Gasteiger partial charge in [0.15, 0.2) is 0 Å². The Balaban J connectivity index is 2.43. The van der Waals surface area contributed by atoms with Crippen LogP contribution in [0.4, 0.5) is 11.4 Å². The molecule has 0 spiro atoms. The lowest BCUT2D eigenvalue weighted by Gasteiger charge is -2.21. The highest BCUT2D eigenvalue weighted by molar-refractivity contribution is 6.00. The molecule has 0 aromatic heterocycles. The van der Waals surface area contributed by atoms with E-state index in [-0.39, 0.29) is 18.5 Å². The van der Waals surface area contributed by atoms with Gasteiger partial charge in [0.1, 0.15) is 11.6 Å². The Morgan fingerprint density at radius 2 is 1.91 bits per heavy atom. The van der Waals surface area contributed by atoms with Crippen LogP contribution in [0.2, 0.25) is 0 Å². The number of nitrogens with zero attached hydrogens (tertiary/aromatic N) is 3. The summed E-state index contributed by atoms with van der Waals surface area (Å²) in [4.78, 5) is 44.5. The highest BCUT2D eigenvalue weighted by Crippen LogP contribution is 2.28. The van der Waals surface area contributed by atoms with Crippen molar-refractivity contribution in [3.63, 3.8) is 0 Å². The molecule has 1 aliphatic rings. The highest BCUT2D eigenvalue weighted by atomic mass is 16.6. The van der Waals surface area contributed by atoms with E-state index < -0.39 is 39.1 Å². The predicted octanol–water partition coefficient (Wildman–Crippen LogP) is 1.19. The molecule has 1 aromatic rings. The number of non-ortho nitro benzene ring substituents is 1. The van der Waals surface area contributed by atoms with Crippen molar-refractivity contribution >= 4 is 23.3 Å². The molecule has 22 heavy (non-hydrogen) atoms. The molecular weight excluding hydrogens is 298 g/mol. The number of carbonyl (C=O) groups is 2. The van der Waals surface area contributed by atoms with Crippen molar-refractivity contribution in [3.05, 3.63) is 44.0 Å². The lowest BCUT2D eigenvalue weighted by molar-refractivity contribution is -0.394. The molecule has 10 nitrogen and oxygen atoms in total. The number of carbonyl (C=O) groups excluding carboxylic acids is 1. The van der Waals surface area contributed by atoms with Crippen molar-refractivity contribution in [2.45, 2.75) is 18.9 Å². The largest absolute Gasteiger partial charge is 0.480 e. The van der Waals surface area contributed by atoms with Crippen LogP contribution in [-0.4, -0.2) is 44.3 Å². The Morgan fingerprint density at radius 3 is 2.45 bits per heavy atom. The van der Waals surface area contributed by atoms with E-state index in [1.54, 1.807) is 0 Å². The van der Waals surface area contributed by atoms with E-state index >= 15 is 0 Å². The molecule has 1 saturated heterocycles. The van der Waals surface area contributed by atoms with Gasteiger partial charge in [0.05, 0.1) is 15.9 Å². The summed E-state index contributed by atoms with van der Waals surface area (Å²) in [5, 5.41) is 30.7. The van der Waals surface area contributed by atoms with Gasteiger partial charge in [-0.2, -0.15) is 0 Å². The Hall–Kier alpha value is -3.04. The van der Waals surface area contributed by atoms with Gasteiger partial charge in [-0.1, -0.05) is 0 Å². The zero-order valence-electron chi connectivity index (χ0n) is 11.2. The van der Waals surface area contributed by atoms with Crippen LogP contribution in [0.15, 0.2) is 18.2 Å². The van der Waals surface area contributed by atoms with Crippen LogP contribution in [0.1, 0.15) is 23.2 Å². The molecule has 0 saturated carbocycles. The molecule has 0 unspecified atom stereocenters. The fraction of sp³-hybridized carbons (Fsp3) is 0.333. The van der Waals surface area contributed by atoms with Gasteiger partial charge in [-0.05, 0) is 18.9 Å². The number of hydrogen-bond acceptors (Lipinski definition) is 6. The third-order valence-electron chi connectivity index (χ3n) is 3.42. The summed E-state index contributed by atoms with van der Waals surface area (Å²) >= 11 is 0. The second kappa shape index (κ2) is 5.76. The first-order valence-electron chi connectivity index (χ1n) is 6.29. The maximum atomic E-state index is 12.4. The van der Waals surface area contributed by atoms with Crippen LogP contribution in [-0.2, 0) is 4.79 Å². The van der Waals surface area contributed by atoms with E-state index in [4.69, 9.17) is 5.11 Å². The van der Waals surface area contributed by atoms with E-state index in [1.807, 2.05) is 0 Å². The molecule has 1 aliphatic heterocycles. The number of likely N-dealkylation sites (tertiary alicyclic amines) is 1. The third-order valence-corrected chi connectivity index (χ3v) is 3.42. The quantitative estimate of drug-likeness (QED) is 0.649. The first-order chi connectivity index (χ1) is 10.3. The standard InChI is InChI=1S/C12H11N3O7/c16-11(13-5-1-2-9(13)12(17)18)8-4-3-7(14(19)20)6-10(8)15(21)22/h3-4,6,9H,1-2,5H2,(H,17,18)/t9-/m0/s1. The minimum absolute atomic E-state index is 0.171. The first kappa shape index (κ1) is 15.4. The Morgan fingerprint density at radius 1 is 1.23 bits per heavy atom. The molecule has 1 aromatic carbocycles. The van der Waals surface area contributed by atoms with Crippen molar-refractivity contribution < 1.29 is 24.5 Å². The van der Waals surface area contributed by atoms with Crippen LogP contribution in [0.3, 0.4) is 0 Å². The van der Waals surface area contributed by atoms with E-state index in [1.165, 1.54) is 0 Å². The summed E-state index contributed by atoms with van der Waals surface area (Å²) in [6.45, 7) is 0.171. The van der Waals surface area contributed by atoms with Gasteiger partial charge in [-0.3, -0.25) is 25.0 Å². The van der Waals surface area contributed by atoms with Crippen LogP contribution in [0.5, 0.6) is 0 Å². The average Bonchev–Trinajstić information content (AvgIpc) is 2.95. The Bertz CT molecular complexity index is 673. The lowest BCUT2D eigenvalue weighted by atomic mass is 10.1. The number of rotatable bonds is 4. The fourth-order valence-corrected chi connectivity index (χ4v) is 2.39. The second-order valence-electron chi connectivity index (χ2n) is 4.71. The molecule has 1 N–H and O–H groups in total. The first-order valence-corrected chi connectivity index (χ1v) is 6.29. The average molecular weight is 309 g/mol. The molecule has 10 heteroatoms. The molecule has 1 amide bonds. The fourth-order valence-electron chi connectivity index (χ4n) is 2.39. The van der Waals surface area contributed by atoms with E-state index in [9.17, 15) is 29.8 Å². The minimum Gasteiger partial charge on any atom is -0.480 e. The van der Waals surface area contributed by atoms with Gasteiger partial charge in [0.25, 0.3) is 17.3 Å². The zero-order chi connectivity index (χ0) is 16.4. The summed E-state index contributed by atoms with van der Waals surface area (Å²) in [7, 11) is 0. The lowest BCUT2D eigenvalue weighted by Crippen LogP contribution is -2.40. The molecule has 1 heterocycles. The van der Waals surface area contributed by atoms with Gasteiger partial charge in [-0.25, -0.2) is 4.79 Å². The molecule has 0 radical (unpaired) electrons. The second-order valence-corrected chi connectivity index (χ2v) is 4.71. The number of carboxylic acid groups (broad SMARTS) is 1. The van der Waals surface area contributed by atoms with Crippen LogP contribution in [0, 0.1) is 20.2 Å². The highest BCUT2D eigenvalue weighted by Gasteiger charge is 2.37. The van der Waals surface area contributed by atoms with E-state index in [0.717, 1.165) is 17.0 Å². The van der Waals surface area contributed by atoms with Crippen LogP contribution in [0.25, 0.3) is 0 Å². The summed E-state index contributed by atoms with van der Waals surface area (Å²) < 4.78 is 0. The minimum atomic E-state index is -1.18. The summed E-state index contributed by atoms with van der Waals surface area (Å²) in [6, 6.07) is 1.61. The van der Waals surface area contributed by atoms with Crippen molar-refractivity contribution in [2.75, 3.05) is 6.54 Å². The Kier molecular flexibility index (Phi) is 4.02. The normalized spacial score (nSPS) is 17.3. The number of benzene rings is 1. The predicted molar refractivity (Wildman–Crippen MR) is 71.4 cm³/mol. The van der Waals surface area contributed by atoms with Crippen molar-refractivity contribution in [1.29, 1.82) is 0 Å². The molecule has 2 rings (SSSR count). The molecule has 0 aliphatic carbocycles. The van der Waals surface area contributed by atoms with Gasteiger partial charge in [-0.15, -0.1) is 0 Å². The number of aliphatic carboxylic acids is 1. The third kappa shape index (κ3) is 2.71. The number of hydrogen-bond donors (Lipinski definition) is 1. The molecule has 0 bridgehead atoms. The number of amides is 1. The molecule has 1 atom stereocenters. The number of nitro benzene ring substituents is 2. The van der Waals surface area contributed by atoms with Crippen LogP contribution >= 0.6 is 0 Å². The van der Waals surface area contributed by atoms with Gasteiger partial charge < -0.3 is 10.0 Å². The monoisotopic (exact) mass is 309 g/mol. The van der Waals surface area contributed by atoms with Gasteiger partial charge in [0.2, 0.25) is 0 Å². The zero-order valence-corrected chi connectivity index (χ0v) is 11.2. The van der Waals surface area contributed by atoms with E-state index in [0.29, 0.717) is 12.5 Å². The summed E-state index contributed by atoms with van der Waals surface area (Å²) in [6.07, 6.45) is 0.741. The molecule has 1 fully saturated rings. The number of carboxylic acids is 1. The van der Waals surface area contributed by atoms with Crippen molar-refractivity contribution in [2.24, 2.45) is 0 Å². The Labute approximate surface area is 123 Å². The maximum absolute atomic E-state index is 12.4. The van der Waals surface area contributed by atoms with E-state index in [2.05, 4.69) is 0 Å². The van der Waals surface area contributed by atoms with Gasteiger partial charge in [0, 0.05) is 12.6 Å². The number of nitro groups is 2. The SMILES string of the molecule is O=C(O)[C@@H]1CCCN1C(=O)c1ccc([N+](=O)[O-])cc1[N+](=O)[O-]. The molecular formula is C12H11N3O7. The van der Waals surface area contributed by atoms with Crippen molar-refractivity contribution in [1.82, 2.24) is 4.90 Å². The smallest absolute Gasteiger partial charge is 0.326 e. The topological polar surface area (TPSA) is 144 Å². The van der Waals surface area contributed by atoms with Crippen LogP contribution < -0.4 is 0 Å². The summed E-state index contributed by atoms with van der Waals surface area (Å²) in [5.74, 6) is -2.00.